The van der Waals surface area contributed by atoms with E-state index in [1.54, 1.807) is 0 Å². The first-order chi connectivity index (χ1) is 5.30. The molecule has 2 nitrogen and oxygen atoms in total. The highest BCUT2D eigenvalue weighted by Crippen LogP contribution is 2.36. The Morgan fingerprint density at radius 1 is 1.42 bits per heavy atom. The number of alkyl halides is 3. The average Bonchev–Trinajstić information content (AvgIpc) is 1.85. The van der Waals surface area contributed by atoms with E-state index < -0.39 is 25.0 Å². The van der Waals surface area contributed by atoms with Gasteiger partial charge in [-0.1, -0.05) is 13.0 Å². The van der Waals surface area contributed by atoms with E-state index in [-0.39, 0.29) is 0 Å². The third-order valence-electron chi connectivity index (χ3n) is 1.67. The van der Waals surface area contributed by atoms with Gasteiger partial charge in [0, 0.05) is 5.82 Å². The third kappa shape index (κ3) is 2.87. The molecule has 70 valence electrons. The van der Waals surface area contributed by atoms with Gasteiger partial charge < -0.3 is 10.0 Å². The lowest BCUT2D eigenvalue weighted by Gasteiger charge is -2.22. The van der Waals surface area contributed by atoms with Crippen LogP contribution in [0.25, 0.3) is 0 Å². The second-order valence-electron chi connectivity index (χ2n) is 2.58. The first-order valence-corrected chi connectivity index (χ1v) is 3.36. The van der Waals surface area contributed by atoms with Crippen molar-refractivity contribution in [1.82, 2.24) is 0 Å². The maximum Gasteiger partial charge on any atom is 0.455 e. The molecule has 0 saturated carbocycles. The van der Waals surface area contributed by atoms with Crippen LogP contribution in [-0.2, 0) is 0 Å². The highest BCUT2D eigenvalue weighted by Gasteiger charge is 2.44. The summed E-state index contributed by atoms with van der Waals surface area (Å²) in [7, 11) is -1.98. The molecular formula is C6H10BF3O2. The fourth-order valence-corrected chi connectivity index (χ4v) is 0.832. The van der Waals surface area contributed by atoms with Crippen LogP contribution in [0.4, 0.5) is 13.2 Å². The van der Waals surface area contributed by atoms with Gasteiger partial charge in [0.15, 0.2) is 0 Å². The van der Waals surface area contributed by atoms with Gasteiger partial charge in [-0.3, -0.25) is 0 Å². The summed E-state index contributed by atoms with van der Waals surface area (Å²) in [5, 5.41) is 17.0. The molecule has 0 fully saturated rings. The number of halogens is 3. The highest BCUT2D eigenvalue weighted by molar-refractivity contribution is 6.43. The van der Waals surface area contributed by atoms with E-state index in [1.165, 1.54) is 0 Å². The number of hydrogen-bond donors (Lipinski definition) is 2. The van der Waals surface area contributed by atoms with Gasteiger partial charge in [-0.15, -0.1) is 6.58 Å². The van der Waals surface area contributed by atoms with E-state index in [0.29, 0.717) is 6.08 Å². The van der Waals surface area contributed by atoms with Crippen molar-refractivity contribution < 1.29 is 23.2 Å². The van der Waals surface area contributed by atoms with Gasteiger partial charge in [0.05, 0.1) is 5.92 Å². The van der Waals surface area contributed by atoms with Crippen molar-refractivity contribution in [2.24, 2.45) is 5.92 Å². The maximum absolute atomic E-state index is 12.0. The Balaban J connectivity index is 4.45. The summed E-state index contributed by atoms with van der Waals surface area (Å²) >= 11 is 0. The van der Waals surface area contributed by atoms with Gasteiger partial charge in [-0.25, -0.2) is 0 Å². The summed E-state index contributed by atoms with van der Waals surface area (Å²) in [5.41, 5.74) is 0. The molecule has 0 saturated heterocycles. The van der Waals surface area contributed by atoms with Crippen LogP contribution in [0, 0.1) is 5.92 Å². The zero-order valence-corrected chi connectivity index (χ0v) is 6.54. The third-order valence-corrected chi connectivity index (χ3v) is 1.67. The van der Waals surface area contributed by atoms with Crippen LogP contribution in [0.3, 0.4) is 0 Å². The number of hydrogen-bond acceptors (Lipinski definition) is 2. The Bertz CT molecular complexity index is 157. The van der Waals surface area contributed by atoms with Gasteiger partial charge in [-0.05, 0) is 0 Å². The molecule has 2 unspecified atom stereocenters. The lowest BCUT2D eigenvalue weighted by molar-refractivity contribution is -0.162. The molecule has 0 aromatic carbocycles. The molecule has 2 atom stereocenters. The van der Waals surface area contributed by atoms with Crippen LogP contribution in [0.5, 0.6) is 0 Å². The topological polar surface area (TPSA) is 40.5 Å². The molecule has 12 heavy (non-hydrogen) atoms. The van der Waals surface area contributed by atoms with Gasteiger partial charge in [0.1, 0.15) is 0 Å². The SMILES string of the molecule is C=CC(C(C)B(O)O)C(F)(F)F. The molecule has 0 aromatic heterocycles. The minimum absolute atomic E-state index is 0.671. The molecule has 0 heterocycles. The molecule has 0 bridgehead atoms. The molecule has 0 radical (unpaired) electrons. The van der Waals surface area contributed by atoms with Crippen LogP contribution in [0.1, 0.15) is 6.92 Å². The van der Waals surface area contributed by atoms with Crippen molar-refractivity contribution in [3.05, 3.63) is 12.7 Å². The highest BCUT2D eigenvalue weighted by atomic mass is 19.4. The predicted octanol–water partition coefficient (Wildman–Crippen LogP) is 1.21. The van der Waals surface area contributed by atoms with Crippen LogP contribution in [0.15, 0.2) is 12.7 Å². The Kier molecular flexibility index (Phi) is 3.79. The molecule has 0 rings (SSSR count). The molecule has 6 heteroatoms. The van der Waals surface area contributed by atoms with Crippen LogP contribution >= 0.6 is 0 Å². The minimum Gasteiger partial charge on any atom is -0.427 e. The largest absolute Gasteiger partial charge is 0.455 e. The van der Waals surface area contributed by atoms with E-state index in [4.69, 9.17) is 10.0 Å². The lowest BCUT2D eigenvalue weighted by atomic mass is 9.66. The Labute approximate surface area is 68.9 Å². The molecule has 0 spiro atoms. The standard InChI is InChI=1S/C6H10BF3O2/c1-3-5(6(8,9)10)4(2)7(11)12/h3-5,11-12H,1H2,2H3. The van der Waals surface area contributed by atoms with Crippen molar-refractivity contribution in [2.45, 2.75) is 18.9 Å². The van der Waals surface area contributed by atoms with Crippen molar-refractivity contribution in [3.63, 3.8) is 0 Å². The quantitative estimate of drug-likeness (QED) is 0.508. The molecular weight excluding hydrogens is 172 g/mol. The monoisotopic (exact) mass is 182 g/mol. The van der Waals surface area contributed by atoms with Crippen molar-refractivity contribution >= 4 is 7.12 Å². The van der Waals surface area contributed by atoms with Gasteiger partial charge in [0.2, 0.25) is 0 Å². The van der Waals surface area contributed by atoms with Gasteiger partial charge in [-0.2, -0.15) is 13.2 Å². The maximum atomic E-state index is 12.0. The fourth-order valence-electron chi connectivity index (χ4n) is 0.832. The van der Waals surface area contributed by atoms with Gasteiger partial charge >= 0.3 is 13.3 Å². The second kappa shape index (κ2) is 3.95. The van der Waals surface area contributed by atoms with Crippen molar-refractivity contribution in [1.29, 1.82) is 0 Å². The molecule has 0 aliphatic carbocycles. The van der Waals surface area contributed by atoms with Crippen molar-refractivity contribution in [2.75, 3.05) is 0 Å². The molecule has 0 aliphatic rings. The smallest absolute Gasteiger partial charge is 0.427 e. The Morgan fingerprint density at radius 2 is 1.83 bits per heavy atom. The van der Waals surface area contributed by atoms with Crippen LogP contribution in [-0.4, -0.2) is 23.3 Å². The molecule has 2 N–H and O–H groups in total. The van der Waals surface area contributed by atoms with E-state index in [1.807, 2.05) is 0 Å². The normalized spacial score (nSPS) is 16.8. The number of allylic oxidation sites excluding steroid dienone is 1. The second-order valence-corrected chi connectivity index (χ2v) is 2.58. The zero-order valence-electron chi connectivity index (χ0n) is 6.54. The lowest BCUT2D eigenvalue weighted by Crippen LogP contribution is -2.32. The zero-order chi connectivity index (χ0) is 9.94. The van der Waals surface area contributed by atoms with Crippen molar-refractivity contribution in [3.8, 4) is 0 Å². The fraction of sp³-hybridized carbons (Fsp3) is 0.667. The van der Waals surface area contributed by atoms with E-state index in [2.05, 4.69) is 6.58 Å². The summed E-state index contributed by atoms with van der Waals surface area (Å²) in [6.45, 7) is 4.09. The molecule has 0 aromatic rings. The summed E-state index contributed by atoms with van der Waals surface area (Å²) in [6, 6.07) is 0. The Morgan fingerprint density at radius 3 is 1.92 bits per heavy atom. The van der Waals surface area contributed by atoms with Gasteiger partial charge in [0.25, 0.3) is 0 Å². The van der Waals surface area contributed by atoms with E-state index in [0.717, 1.165) is 6.92 Å². The molecule has 0 amide bonds. The van der Waals surface area contributed by atoms with Crippen LogP contribution in [0.2, 0.25) is 5.82 Å². The number of rotatable bonds is 3. The predicted molar refractivity (Wildman–Crippen MR) is 39.4 cm³/mol. The summed E-state index contributed by atoms with van der Waals surface area (Å²) in [4.78, 5) is 0. The first-order valence-electron chi connectivity index (χ1n) is 3.36. The van der Waals surface area contributed by atoms with E-state index >= 15 is 0 Å². The minimum atomic E-state index is -4.47. The van der Waals surface area contributed by atoms with E-state index in [9.17, 15) is 13.2 Å². The van der Waals surface area contributed by atoms with Crippen LogP contribution < -0.4 is 0 Å². The Hall–Kier alpha value is -0.485. The summed E-state index contributed by atoms with van der Waals surface area (Å²) in [5.74, 6) is -3.17. The molecule has 0 aliphatic heterocycles. The summed E-state index contributed by atoms with van der Waals surface area (Å²) < 4.78 is 36.1. The average molecular weight is 182 g/mol. The first kappa shape index (κ1) is 11.5. The summed E-state index contributed by atoms with van der Waals surface area (Å²) in [6.07, 6.45) is -3.80.